The smallest absolute Gasteiger partial charge is 0.0971 e. The van der Waals surface area contributed by atoms with Crippen LogP contribution < -0.4 is 0 Å². The molecule has 0 bridgehead atoms. The van der Waals surface area contributed by atoms with Gasteiger partial charge < -0.3 is 4.74 Å². The summed E-state index contributed by atoms with van der Waals surface area (Å²) in [7, 11) is 0. The molecule has 15 heavy (non-hydrogen) atoms. The number of hydrogen-bond acceptors (Lipinski definition) is 3. The molecule has 3 heteroatoms. The zero-order chi connectivity index (χ0) is 10.1. The summed E-state index contributed by atoms with van der Waals surface area (Å²) in [6.07, 6.45) is 2.25. The summed E-state index contributed by atoms with van der Waals surface area (Å²) in [5.74, 6) is 0.621. The maximum Gasteiger partial charge on any atom is 0.0971 e. The molecule has 0 N–H and O–H groups in total. The molecular weight excluding hydrogens is 206 g/mol. The Morgan fingerprint density at radius 2 is 2.00 bits per heavy atom. The Kier molecular flexibility index (Phi) is 2.43. The highest BCUT2D eigenvalue weighted by Crippen LogP contribution is 2.32. The van der Waals surface area contributed by atoms with E-state index in [4.69, 9.17) is 9.72 Å². The van der Waals surface area contributed by atoms with E-state index in [-0.39, 0.29) is 0 Å². The quantitative estimate of drug-likeness (QED) is 0.735. The molecular formula is C12H13NOS. The average Bonchev–Trinajstić information content (AvgIpc) is 2.74. The standard InChI is InChI=1S/C12H13NOS/c1-2-4-11-10(3-1)13-12(15-11)9-5-7-14-8-6-9/h1-4,9H,5-8H2. The number of rotatable bonds is 1. The largest absolute Gasteiger partial charge is 0.381 e. The highest BCUT2D eigenvalue weighted by atomic mass is 32.1. The Balaban J connectivity index is 1.96. The third-order valence-electron chi connectivity index (χ3n) is 2.88. The van der Waals surface area contributed by atoms with E-state index in [2.05, 4.69) is 24.3 Å². The lowest BCUT2D eigenvalue weighted by Gasteiger charge is -2.19. The van der Waals surface area contributed by atoms with E-state index in [1.54, 1.807) is 0 Å². The Morgan fingerprint density at radius 1 is 1.20 bits per heavy atom. The van der Waals surface area contributed by atoms with Crippen LogP contribution in [-0.4, -0.2) is 18.2 Å². The summed E-state index contributed by atoms with van der Waals surface area (Å²) >= 11 is 1.84. The fourth-order valence-electron chi connectivity index (χ4n) is 2.01. The number of aromatic nitrogens is 1. The van der Waals surface area contributed by atoms with Gasteiger partial charge in [0.1, 0.15) is 0 Å². The topological polar surface area (TPSA) is 22.1 Å². The monoisotopic (exact) mass is 219 g/mol. The molecule has 1 saturated heterocycles. The van der Waals surface area contributed by atoms with Gasteiger partial charge in [-0.15, -0.1) is 11.3 Å². The number of fused-ring (bicyclic) bond motifs is 1. The molecule has 1 fully saturated rings. The summed E-state index contributed by atoms with van der Waals surface area (Å²) in [5, 5.41) is 1.29. The van der Waals surface area contributed by atoms with Gasteiger partial charge in [0.15, 0.2) is 0 Å². The Morgan fingerprint density at radius 3 is 2.80 bits per heavy atom. The zero-order valence-electron chi connectivity index (χ0n) is 8.48. The van der Waals surface area contributed by atoms with E-state index in [1.807, 2.05) is 11.3 Å². The zero-order valence-corrected chi connectivity index (χ0v) is 9.30. The summed E-state index contributed by atoms with van der Waals surface area (Å²) < 4.78 is 6.68. The van der Waals surface area contributed by atoms with Crippen molar-refractivity contribution >= 4 is 21.6 Å². The van der Waals surface area contributed by atoms with Gasteiger partial charge in [0, 0.05) is 19.1 Å². The van der Waals surface area contributed by atoms with Crippen LogP contribution in [0.15, 0.2) is 24.3 Å². The summed E-state index contributed by atoms with van der Waals surface area (Å²) in [4.78, 5) is 4.70. The first-order valence-electron chi connectivity index (χ1n) is 5.37. The molecule has 0 atom stereocenters. The van der Waals surface area contributed by atoms with Gasteiger partial charge in [-0.3, -0.25) is 0 Å². The van der Waals surface area contributed by atoms with E-state index in [0.717, 1.165) is 31.6 Å². The van der Waals surface area contributed by atoms with Gasteiger partial charge in [0.25, 0.3) is 0 Å². The van der Waals surface area contributed by atoms with E-state index in [1.165, 1.54) is 9.71 Å². The van der Waals surface area contributed by atoms with Crippen LogP contribution in [0.1, 0.15) is 23.8 Å². The maximum absolute atomic E-state index is 5.37. The third-order valence-corrected chi connectivity index (χ3v) is 4.08. The lowest BCUT2D eigenvalue weighted by Crippen LogP contribution is -2.13. The molecule has 2 heterocycles. The minimum Gasteiger partial charge on any atom is -0.381 e. The summed E-state index contributed by atoms with van der Waals surface area (Å²) in [6.45, 7) is 1.78. The normalized spacial score (nSPS) is 18.4. The molecule has 0 aliphatic carbocycles. The van der Waals surface area contributed by atoms with Gasteiger partial charge in [-0.2, -0.15) is 0 Å². The van der Waals surface area contributed by atoms with Gasteiger partial charge >= 0.3 is 0 Å². The Bertz CT molecular complexity index is 426. The Hall–Kier alpha value is -0.930. The molecule has 2 aromatic rings. The van der Waals surface area contributed by atoms with Crippen LogP contribution in [0.4, 0.5) is 0 Å². The highest BCUT2D eigenvalue weighted by Gasteiger charge is 2.19. The van der Waals surface area contributed by atoms with E-state index in [0.29, 0.717) is 5.92 Å². The van der Waals surface area contributed by atoms with Crippen LogP contribution in [-0.2, 0) is 4.74 Å². The molecule has 1 aromatic heterocycles. The summed E-state index contributed by atoms with van der Waals surface area (Å²) in [6, 6.07) is 8.37. The Labute approximate surface area is 92.9 Å². The van der Waals surface area contributed by atoms with E-state index >= 15 is 0 Å². The second-order valence-corrected chi connectivity index (χ2v) is 4.97. The molecule has 1 aliphatic heterocycles. The molecule has 1 aliphatic rings. The maximum atomic E-state index is 5.37. The first-order valence-corrected chi connectivity index (χ1v) is 6.18. The number of thiazole rings is 1. The van der Waals surface area contributed by atoms with Crippen molar-refractivity contribution in [3.8, 4) is 0 Å². The minimum atomic E-state index is 0.621. The van der Waals surface area contributed by atoms with Crippen molar-refractivity contribution < 1.29 is 4.74 Å². The molecule has 0 spiro atoms. The fourth-order valence-corrected chi connectivity index (χ4v) is 3.15. The van der Waals surface area contributed by atoms with Gasteiger partial charge in [-0.1, -0.05) is 12.1 Å². The van der Waals surface area contributed by atoms with Crippen molar-refractivity contribution in [3.05, 3.63) is 29.3 Å². The fraction of sp³-hybridized carbons (Fsp3) is 0.417. The number of ether oxygens (including phenoxy) is 1. The predicted octanol–water partition coefficient (Wildman–Crippen LogP) is 3.19. The van der Waals surface area contributed by atoms with Crippen LogP contribution >= 0.6 is 11.3 Å². The third kappa shape index (κ3) is 1.77. The lowest BCUT2D eigenvalue weighted by molar-refractivity contribution is 0.0853. The van der Waals surface area contributed by atoms with Crippen molar-refractivity contribution in [2.45, 2.75) is 18.8 Å². The first-order chi connectivity index (χ1) is 7.43. The second-order valence-electron chi connectivity index (χ2n) is 3.91. The summed E-state index contributed by atoms with van der Waals surface area (Å²) in [5.41, 5.74) is 1.14. The van der Waals surface area contributed by atoms with E-state index < -0.39 is 0 Å². The minimum absolute atomic E-state index is 0.621. The molecule has 3 rings (SSSR count). The SMILES string of the molecule is c1ccc2sc(C3CCOCC3)nc2c1. The van der Waals surface area contributed by atoms with Crippen molar-refractivity contribution in [2.75, 3.05) is 13.2 Å². The predicted molar refractivity (Wildman–Crippen MR) is 62.4 cm³/mol. The molecule has 0 saturated carbocycles. The van der Waals surface area contributed by atoms with Crippen molar-refractivity contribution in [3.63, 3.8) is 0 Å². The van der Waals surface area contributed by atoms with Crippen molar-refractivity contribution in [2.24, 2.45) is 0 Å². The van der Waals surface area contributed by atoms with Crippen molar-refractivity contribution in [1.29, 1.82) is 0 Å². The van der Waals surface area contributed by atoms with Crippen LogP contribution in [0.5, 0.6) is 0 Å². The van der Waals surface area contributed by atoms with Crippen LogP contribution in [0.2, 0.25) is 0 Å². The molecule has 2 nitrogen and oxygen atoms in total. The molecule has 0 radical (unpaired) electrons. The van der Waals surface area contributed by atoms with Crippen LogP contribution in [0, 0.1) is 0 Å². The van der Waals surface area contributed by atoms with Crippen molar-refractivity contribution in [1.82, 2.24) is 4.98 Å². The van der Waals surface area contributed by atoms with Crippen LogP contribution in [0.25, 0.3) is 10.2 Å². The average molecular weight is 219 g/mol. The van der Waals surface area contributed by atoms with Gasteiger partial charge in [-0.25, -0.2) is 4.98 Å². The van der Waals surface area contributed by atoms with Gasteiger partial charge in [0.2, 0.25) is 0 Å². The second kappa shape index (κ2) is 3.91. The number of hydrogen-bond donors (Lipinski definition) is 0. The number of para-hydroxylation sites is 1. The molecule has 0 unspecified atom stereocenters. The van der Waals surface area contributed by atoms with Gasteiger partial charge in [0.05, 0.1) is 15.2 Å². The lowest BCUT2D eigenvalue weighted by atomic mass is 10.0. The van der Waals surface area contributed by atoms with E-state index in [9.17, 15) is 0 Å². The first kappa shape index (κ1) is 9.31. The molecule has 0 amide bonds. The number of benzene rings is 1. The number of nitrogens with zero attached hydrogens (tertiary/aromatic N) is 1. The molecule has 78 valence electrons. The van der Waals surface area contributed by atoms with Gasteiger partial charge in [-0.05, 0) is 25.0 Å². The molecule has 1 aromatic carbocycles. The van der Waals surface area contributed by atoms with Crippen LogP contribution in [0.3, 0.4) is 0 Å². The highest BCUT2D eigenvalue weighted by molar-refractivity contribution is 7.18.